The fourth-order valence-electron chi connectivity index (χ4n) is 5.12. The maximum absolute atomic E-state index is 11.4. The third kappa shape index (κ3) is 5.18. The minimum absolute atomic E-state index is 0.0240. The first-order valence-electron chi connectivity index (χ1n) is 12.0. The fourth-order valence-corrected chi connectivity index (χ4v) is 5.12. The van der Waals surface area contributed by atoms with E-state index in [1.807, 2.05) is 16.8 Å². The van der Waals surface area contributed by atoms with Gasteiger partial charge in [-0.1, -0.05) is 31.4 Å². The number of anilines is 1. The van der Waals surface area contributed by atoms with Crippen LogP contribution in [0.3, 0.4) is 0 Å². The number of benzene rings is 1. The predicted molar refractivity (Wildman–Crippen MR) is 125 cm³/mol. The van der Waals surface area contributed by atoms with E-state index in [1.165, 1.54) is 39.0 Å². The summed E-state index contributed by atoms with van der Waals surface area (Å²) in [6, 6.07) is 8.83. The van der Waals surface area contributed by atoms with E-state index in [9.17, 15) is 4.79 Å². The number of carbonyl (C=O) groups excluding carboxylic acids is 1. The van der Waals surface area contributed by atoms with E-state index >= 15 is 0 Å². The Morgan fingerprint density at radius 2 is 1.69 bits per heavy atom. The molecule has 1 amide bonds. The molecule has 1 aromatic heterocycles. The van der Waals surface area contributed by atoms with E-state index in [4.69, 9.17) is 0 Å². The van der Waals surface area contributed by atoms with E-state index in [2.05, 4.69) is 63.5 Å². The summed E-state index contributed by atoms with van der Waals surface area (Å²) in [5.41, 5.74) is 1.74. The lowest BCUT2D eigenvalue weighted by Gasteiger charge is -2.43. The second kappa shape index (κ2) is 9.67. The number of rotatable bonds is 5. The molecule has 2 aromatic rings. The van der Waals surface area contributed by atoms with Crippen LogP contribution < -0.4 is 5.32 Å². The first-order valence-corrected chi connectivity index (χ1v) is 12.0. The van der Waals surface area contributed by atoms with E-state index in [-0.39, 0.29) is 17.5 Å². The number of piperazine rings is 1. The Balaban J connectivity index is 1.59. The summed E-state index contributed by atoms with van der Waals surface area (Å²) in [6.45, 7) is 12.1. The Morgan fingerprint density at radius 3 is 2.28 bits per heavy atom. The molecule has 32 heavy (non-hydrogen) atoms. The van der Waals surface area contributed by atoms with Crippen LogP contribution in [0.15, 0.2) is 24.3 Å². The zero-order valence-electron chi connectivity index (χ0n) is 19.9. The lowest BCUT2D eigenvalue weighted by Crippen LogP contribution is -2.52. The van der Waals surface area contributed by atoms with E-state index in [0.717, 1.165) is 49.3 Å². The summed E-state index contributed by atoms with van der Waals surface area (Å²) in [5, 5.41) is 15.7. The summed E-state index contributed by atoms with van der Waals surface area (Å²) in [5.74, 6) is 0.806. The molecule has 1 aliphatic heterocycles. The zero-order valence-corrected chi connectivity index (χ0v) is 19.9. The molecular weight excluding hydrogens is 402 g/mol. The summed E-state index contributed by atoms with van der Waals surface area (Å²) >= 11 is 0. The van der Waals surface area contributed by atoms with Crippen LogP contribution in [0.2, 0.25) is 0 Å². The smallest absolute Gasteiger partial charge is 0.221 e. The van der Waals surface area contributed by atoms with Gasteiger partial charge in [0, 0.05) is 44.8 Å². The van der Waals surface area contributed by atoms with Crippen molar-refractivity contribution >= 4 is 11.6 Å². The number of aromatic nitrogens is 4. The number of tetrazole rings is 1. The van der Waals surface area contributed by atoms with Crippen LogP contribution in [0.4, 0.5) is 5.69 Å². The molecule has 1 unspecified atom stereocenters. The van der Waals surface area contributed by atoms with E-state index < -0.39 is 0 Å². The number of amides is 1. The number of hydrogen-bond donors (Lipinski definition) is 1. The van der Waals surface area contributed by atoms with Gasteiger partial charge in [0.15, 0.2) is 5.82 Å². The highest BCUT2D eigenvalue weighted by molar-refractivity contribution is 5.88. The van der Waals surface area contributed by atoms with Gasteiger partial charge in [0.05, 0.1) is 11.6 Å². The molecule has 0 spiro atoms. The van der Waals surface area contributed by atoms with Crippen molar-refractivity contribution in [2.45, 2.75) is 77.4 Å². The molecular formula is C24H37N7O. The summed E-state index contributed by atoms with van der Waals surface area (Å²) < 4.78 is 1.95. The molecule has 1 aliphatic carbocycles. The second-order valence-electron chi connectivity index (χ2n) is 10.2. The molecule has 1 N–H and O–H groups in total. The van der Waals surface area contributed by atoms with Crippen LogP contribution in [0.5, 0.6) is 0 Å². The quantitative estimate of drug-likeness (QED) is 0.769. The normalized spacial score (nSPS) is 20.2. The van der Waals surface area contributed by atoms with Crippen LogP contribution >= 0.6 is 0 Å². The van der Waals surface area contributed by atoms with Gasteiger partial charge in [-0.25, -0.2) is 4.68 Å². The van der Waals surface area contributed by atoms with Crippen molar-refractivity contribution in [3.63, 3.8) is 0 Å². The van der Waals surface area contributed by atoms with Crippen LogP contribution in [0.1, 0.15) is 77.2 Å². The Morgan fingerprint density at radius 1 is 1.03 bits per heavy atom. The van der Waals surface area contributed by atoms with Crippen molar-refractivity contribution in [1.29, 1.82) is 0 Å². The van der Waals surface area contributed by atoms with Gasteiger partial charge in [-0.15, -0.1) is 5.10 Å². The molecule has 8 nitrogen and oxygen atoms in total. The Hall–Kier alpha value is -2.32. The van der Waals surface area contributed by atoms with Gasteiger partial charge in [0.2, 0.25) is 5.91 Å². The molecule has 1 saturated carbocycles. The molecule has 2 heterocycles. The summed E-state index contributed by atoms with van der Waals surface area (Å²) in [6.07, 6.45) is 6.82. The Labute approximate surface area is 191 Å². The molecule has 0 radical (unpaired) electrons. The molecule has 174 valence electrons. The summed E-state index contributed by atoms with van der Waals surface area (Å²) in [7, 11) is 0. The Bertz CT molecular complexity index is 888. The van der Waals surface area contributed by atoms with Crippen molar-refractivity contribution in [2.75, 3.05) is 31.5 Å². The molecule has 4 rings (SSSR count). The zero-order chi connectivity index (χ0) is 22.7. The minimum Gasteiger partial charge on any atom is -0.326 e. The van der Waals surface area contributed by atoms with Crippen molar-refractivity contribution < 1.29 is 4.79 Å². The van der Waals surface area contributed by atoms with Crippen LogP contribution in [0.25, 0.3) is 0 Å². The van der Waals surface area contributed by atoms with E-state index in [0.29, 0.717) is 0 Å². The van der Waals surface area contributed by atoms with Gasteiger partial charge in [-0.05, 0) is 61.7 Å². The average molecular weight is 440 g/mol. The van der Waals surface area contributed by atoms with Crippen LogP contribution in [-0.4, -0.2) is 68.1 Å². The molecule has 2 fully saturated rings. The van der Waals surface area contributed by atoms with Crippen LogP contribution in [-0.2, 0) is 10.3 Å². The lowest BCUT2D eigenvalue weighted by atomic mass is 9.93. The van der Waals surface area contributed by atoms with Crippen molar-refractivity contribution in [3.8, 4) is 0 Å². The number of carbonyl (C=O) groups is 1. The number of nitrogens with zero attached hydrogens (tertiary/aromatic N) is 6. The third-order valence-corrected chi connectivity index (χ3v) is 6.73. The summed E-state index contributed by atoms with van der Waals surface area (Å²) in [4.78, 5) is 16.6. The van der Waals surface area contributed by atoms with Crippen molar-refractivity contribution in [1.82, 2.24) is 30.0 Å². The van der Waals surface area contributed by atoms with Gasteiger partial charge in [0.25, 0.3) is 0 Å². The predicted octanol–water partition coefficient (Wildman–Crippen LogP) is 3.43. The number of nitrogens with one attached hydrogen (secondary N) is 1. The van der Waals surface area contributed by atoms with E-state index in [1.54, 1.807) is 0 Å². The van der Waals surface area contributed by atoms with Gasteiger partial charge in [-0.2, -0.15) is 0 Å². The highest BCUT2D eigenvalue weighted by Gasteiger charge is 2.34. The standard InChI is InChI=1S/C24H37N7O/c1-18(32)25-20-12-10-19(11-13-20)22(23-26-27-28-31(23)24(2,3)4)30-16-14-29(15-17-30)21-8-6-5-7-9-21/h10-13,21-22H,5-9,14-17H2,1-4H3,(H,25,32). The fraction of sp³-hybridized carbons (Fsp3) is 0.667. The van der Waals surface area contributed by atoms with Gasteiger partial charge in [-0.3, -0.25) is 14.6 Å². The first-order chi connectivity index (χ1) is 15.3. The van der Waals surface area contributed by atoms with Crippen molar-refractivity contribution in [2.24, 2.45) is 0 Å². The van der Waals surface area contributed by atoms with Gasteiger partial charge < -0.3 is 5.32 Å². The molecule has 1 saturated heterocycles. The van der Waals surface area contributed by atoms with Gasteiger partial charge >= 0.3 is 0 Å². The highest BCUT2D eigenvalue weighted by Crippen LogP contribution is 2.32. The monoisotopic (exact) mass is 439 g/mol. The molecule has 2 aliphatic rings. The SMILES string of the molecule is CC(=O)Nc1ccc(C(c2nnnn2C(C)(C)C)N2CCN(C3CCCCC3)CC2)cc1. The lowest BCUT2D eigenvalue weighted by molar-refractivity contribution is -0.114. The molecule has 1 atom stereocenters. The average Bonchev–Trinajstić information content (AvgIpc) is 3.26. The highest BCUT2D eigenvalue weighted by atomic mass is 16.1. The minimum atomic E-state index is -0.211. The maximum atomic E-state index is 11.4. The molecule has 0 bridgehead atoms. The third-order valence-electron chi connectivity index (χ3n) is 6.73. The number of hydrogen-bond acceptors (Lipinski definition) is 6. The van der Waals surface area contributed by atoms with Crippen molar-refractivity contribution in [3.05, 3.63) is 35.7 Å². The second-order valence-corrected chi connectivity index (χ2v) is 10.2. The Kier molecular flexibility index (Phi) is 6.90. The van der Waals surface area contributed by atoms with Crippen LogP contribution in [0, 0.1) is 0 Å². The largest absolute Gasteiger partial charge is 0.326 e. The molecule has 8 heteroatoms. The topological polar surface area (TPSA) is 79.2 Å². The first kappa shape index (κ1) is 22.9. The van der Waals surface area contributed by atoms with Gasteiger partial charge in [0.1, 0.15) is 0 Å². The molecule has 1 aromatic carbocycles. The maximum Gasteiger partial charge on any atom is 0.221 e.